The summed E-state index contributed by atoms with van der Waals surface area (Å²) in [4.78, 5) is 1.10. The van der Waals surface area contributed by atoms with E-state index in [2.05, 4.69) is 12.2 Å². The molecule has 2 aromatic rings. The van der Waals surface area contributed by atoms with Crippen molar-refractivity contribution < 1.29 is 4.74 Å². The van der Waals surface area contributed by atoms with Gasteiger partial charge in [-0.3, -0.25) is 0 Å². The molecule has 21 heavy (non-hydrogen) atoms. The third-order valence-electron chi connectivity index (χ3n) is 3.07. The second kappa shape index (κ2) is 8.32. The Bertz CT molecular complexity index is 589. The van der Waals surface area contributed by atoms with E-state index in [9.17, 15) is 0 Å². The molecule has 0 bridgehead atoms. The maximum Gasteiger partial charge on any atom is 0.150 e. The molecule has 4 heteroatoms. The van der Waals surface area contributed by atoms with E-state index in [1.54, 1.807) is 11.8 Å². The topological polar surface area (TPSA) is 21.3 Å². The number of para-hydroxylation sites is 2. The van der Waals surface area contributed by atoms with E-state index in [0.29, 0.717) is 5.02 Å². The van der Waals surface area contributed by atoms with Crippen LogP contribution in [0.2, 0.25) is 5.02 Å². The van der Waals surface area contributed by atoms with E-state index in [-0.39, 0.29) is 0 Å². The summed E-state index contributed by atoms with van der Waals surface area (Å²) in [7, 11) is 0. The Morgan fingerprint density at radius 3 is 2.71 bits per heavy atom. The van der Waals surface area contributed by atoms with Gasteiger partial charge in [0.1, 0.15) is 5.75 Å². The van der Waals surface area contributed by atoms with E-state index in [0.717, 1.165) is 41.5 Å². The lowest BCUT2D eigenvalue weighted by Crippen LogP contribution is -2.14. The first-order chi connectivity index (χ1) is 10.3. The number of nitrogens with one attached hydrogen (secondary N) is 1. The van der Waals surface area contributed by atoms with Gasteiger partial charge in [0.25, 0.3) is 0 Å². The van der Waals surface area contributed by atoms with Gasteiger partial charge in [-0.2, -0.15) is 0 Å². The van der Waals surface area contributed by atoms with Crippen LogP contribution >= 0.6 is 23.4 Å². The summed E-state index contributed by atoms with van der Waals surface area (Å²) < 4.78 is 6.10. The third-order valence-corrected chi connectivity index (χ3v) is 4.15. The third kappa shape index (κ3) is 4.40. The van der Waals surface area contributed by atoms with Crippen molar-refractivity contribution in [1.29, 1.82) is 0 Å². The van der Waals surface area contributed by atoms with Gasteiger partial charge in [-0.15, -0.1) is 11.8 Å². The highest BCUT2D eigenvalue weighted by atomic mass is 35.5. The zero-order valence-electron chi connectivity index (χ0n) is 12.4. The number of thioether (sulfide) groups is 1. The summed E-state index contributed by atoms with van der Waals surface area (Å²) in [6.45, 7) is 3.88. The molecule has 0 aliphatic carbocycles. The fraction of sp³-hybridized carbons (Fsp3) is 0.294. The van der Waals surface area contributed by atoms with Crippen LogP contribution in [-0.4, -0.2) is 12.8 Å². The van der Waals surface area contributed by atoms with E-state index in [1.165, 1.54) is 0 Å². The number of rotatable bonds is 7. The molecular weight excluding hydrogens is 302 g/mol. The minimum Gasteiger partial charge on any atom is -0.454 e. The summed E-state index contributed by atoms with van der Waals surface area (Å²) in [6.07, 6.45) is 3.14. The van der Waals surface area contributed by atoms with Gasteiger partial charge in [0.2, 0.25) is 0 Å². The normalized spacial score (nSPS) is 10.6. The van der Waals surface area contributed by atoms with Crippen molar-refractivity contribution in [2.45, 2.75) is 24.8 Å². The molecule has 0 fully saturated rings. The average molecular weight is 322 g/mol. The highest BCUT2D eigenvalue weighted by molar-refractivity contribution is 7.98. The summed E-state index contributed by atoms with van der Waals surface area (Å²) in [6, 6.07) is 13.9. The molecule has 0 aromatic heterocycles. The first-order valence-corrected chi connectivity index (χ1v) is 8.65. The fourth-order valence-corrected chi connectivity index (χ4v) is 2.78. The lowest BCUT2D eigenvalue weighted by Gasteiger charge is -2.15. The van der Waals surface area contributed by atoms with E-state index < -0.39 is 0 Å². The molecule has 2 aromatic carbocycles. The van der Waals surface area contributed by atoms with Crippen LogP contribution in [0.15, 0.2) is 47.4 Å². The molecule has 0 heterocycles. The number of benzene rings is 2. The maximum atomic E-state index is 6.33. The molecule has 0 spiro atoms. The van der Waals surface area contributed by atoms with Crippen molar-refractivity contribution in [2.75, 3.05) is 12.8 Å². The summed E-state index contributed by atoms with van der Waals surface area (Å²) in [5, 5.41) is 4.03. The predicted molar refractivity (Wildman–Crippen MR) is 91.7 cm³/mol. The fourth-order valence-electron chi connectivity index (χ4n) is 2.02. The Labute approximate surface area is 135 Å². The molecule has 0 atom stereocenters. The van der Waals surface area contributed by atoms with Crippen molar-refractivity contribution >= 4 is 23.4 Å². The van der Waals surface area contributed by atoms with Gasteiger partial charge in [-0.05, 0) is 37.4 Å². The van der Waals surface area contributed by atoms with Crippen LogP contribution in [0, 0.1) is 0 Å². The molecule has 1 N–H and O–H groups in total. The minimum absolute atomic E-state index is 0.640. The lowest BCUT2D eigenvalue weighted by molar-refractivity contribution is 0.462. The number of ether oxygens (including phenoxy) is 1. The molecule has 2 rings (SSSR count). The Balaban J connectivity index is 2.25. The second-order valence-corrected chi connectivity index (χ2v) is 5.91. The lowest BCUT2D eigenvalue weighted by atomic mass is 10.2. The molecule has 2 nitrogen and oxygen atoms in total. The first-order valence-electron chi connectivity index (χ1n) is 7.05. The smallest absolute Gasteiger partial charge is 0.150 e. The van der Waals surface area contributed by atoms with Crippen LogP contribution in [-0.2, 0) is 6.54 Å². The summed E-state index contributed by atoms with van der Waals surface area (Å²) in [5.41, 5.74) is 1.08. The van der Waals surface area contributed by atoms with Crippen LogP contribution in [0.1, 0.15) is 18.9 Å². The number of hydrogen-bond acceptors (Lipinski definition) is 3. The van der Waals surface area contributed by atoms with E-state index in [4.69, 9.17) is 16.3 Å². The number of hydrogen-bond donors (Lipinski definition) is 1. The number of halogens is 1. The van der Waals surface area contributed by atoms with E-state index in [1.807, 2.05) is 48.7 Å². The molecule has 0 aliphatic rings. The van der Waals surface area contributed by atoms with Gasteiger partial charge >= 0.3 is 0 Å². The first kappa shape index (κ1) is 16.2. The highest BCUT2D eigenvalue weighted by Gasteiger charge is 2.11. The average Bonchev–Trinajstić information content (AvgIpc) is 2.51. The Morgan fingerprint density at radius 1 is 1.14 bits per heavy atom. The Morgan fingerprint density at radius 2 is 1.95 bits per heavy atom. The summed E-state index contributed by atoms with van der Waals surface area (Å²) >= 11 is 7.99. The largest absolute Gasteiger partial charge is 0.454 e. The van der Waals surface area contributed by atoms with Crippen LogP contribution in [0.4, 0.5) is 0 Å². The predicted octanol–water partition coefficient (Wildman–Crippen LogP) is 5.35. The Hall–Kier alpha value is -1.16. The molecule has 112 valence electrons. The quantitative estimate of drug-likeness (QED) is 0.548. The highest BCUT2D eigenvalue weighted by Crippen LogP contribution is 2.36. The van der Waals surface area contributed by atoms with Crippen molar-refractivity contribution in [3.63, 3.8) is 0 Å². The zero-order valence-corrected chi connectivity index (χ0v) is 13.9. The van der Waals surface area contributed by atoms with Crippen LogP contribution in [0.25, 0.3) is 0 Å². The van der Waals surface area contributed by atoms with E-state index >= 15 is 0 Å². The zero-order chi connectivity index (χ0) is 15.1. The Kier molecular flexibility index (Phi) is 6.43. The molecular formula is C17H20ClNOS. The van der Waals surface area contributed by atoms with Crippen molar-refractivity contribution in [3.05, 3.63) is 53.1 Å². The van der Waals surface area contributed by atoms with Crippen molar-refractivity contribution in [3.8, 4) is 11.5 Å². The molecule has 0 aliphatic heterocycles. The second-order valence-electron chi connectivity index (χ2n) is 4.66. The van der Waals surface area contributed by atoms with Gasteiger partial charge in [0.15, 0.2) is 5.75 Å². The molecule has 0 amide bonds. The van der Waals surface area contributed by atoms with Gasteiger partial charge in [0, 0.05) is 17.0 Å². The van der Waals surface area contributed by atoms with Crippen LogP contribution in [0.5, 0.6) is 11.5 Å². The maximum absolute atomic E-state index is 6.33. The van der Waals surface area contributed by atoms with Gasteiger partial charge in [-0.1, -0.05) is 42.8 Å². The van der Waals surface area contributed by atoms with Gasteiger partial charge < -0.3 is 10.1 Å². The summed E-state index contributed by atoms with van der Waals surface area (Å²) in [5.74, 6) is 1.58. The monoisotopic (exact) mass is 321 g/mol. The van der Waals surface area contributed by atoms with Gasteiger partial charge in [0.05, 0.1) is 5.02 Å². The van der Waals surface area contributed by atoms with Crippen molar-refractivity contribution in [2.24, 2.45) is 0 Å². The standard InChI is InChI=1S/C17H20ClNOS/c1-3-11-19-12-13-7-6-8-14(18)17(13)20-15-9-4-5-10-16(15)21-2/h4-10,19H,3,11-12H2,1-2H3. The minimum atomic E-state index is 0.640. The van der Waals surface area contributed by atoms with Crippen molar-refractivity contribution in [1.82, 2.24) is 5.32 Å². The molecule has 0 saturated carbocycles. The molecule has 0 saturated heterocycles. The van der Waals surface area contributed by atoms with Gasteiger partial charge in [-0.25, -0.2) is 0 Å². The molecule has 0 unspecified atom stereocenters. The SMILES string of the molecule is CCCNCc1cccc(Cl)c1Oc1ccccc1SC. The van der Waals surface area contributed by atoms with Crippen LogP contribution in [0.3, 0.4) is 0 Å². The molecule has 0 radical (unpaired) electrons. The van der Waals surface area contributed by atoms with Crippen LogP contribution < -0.4 is 10.1 Å².